The average Bonchev–Trinajstić information content (AvgIpc) is 3.01. The molecule has 0 aliphatic carbocycles. The number of ether oxygens (including phenoxy) is 5. The number of nitro groups is 1. The van der Waals surface area contributed by atoms with Gasteiger partial charge in [0, 0.05) is 17.4 Å². The molecule has 2 rings (SSSR count). The summed E-state index contributed by atoms with van der Waals surface area (Å²) >= 11 is 0. The maximum Gasteiger partial charge on any atom is 0.408 e. The van der Waals surface area contributed by atoms with E-state index in [2.05, 4.69) is 15.3 Å². The van der Waals surface area contributed by atoms with Crippen LogP contribution in [-0.4, -0.2) is 65.9 Å². The minimum atomic E-state index is -1.42. The summed E-state index contributed by atoms with van der Waals surface area (Å²) in [5.41, 5.74) is 8.38. The van der Waals surface area contributed by atoms with Gasteiger partial charge in [-0.3, -0.25) is 14.9 Å². The summed E-state index contributed by atoms with van der Waals surface area (Å²) in [5.74, 6) is -2.78. The molecule has 0 spiro atoms. The van der Waals surface area contributed by atoms with Crippen LogP contribution in [0.1, 0.15) is 58.6 Å². The van der Waals surface area contributed by atoms with Crippen molar-refractivity contribution in [3.05, 3.63) is 80.2 Å². The van der Waals surface area contributed by atoms with Crippen LogP contribution in [0.3, 0.4) is 0 Å². The second-order valence-electron chi connectivity index (χ2n) is 11.0. The summed E-state index contributed by atoms with van der Waals surface area (Å²) in [6, 6.07) is 10.1. The Morgan fingerprint density at radius 3 is 2.19 bits per heavy atom. The molecule has 0 aromatic heterocycles. The highest BCUT2D eigenvalue weighted by molar-refractivity contribution is 5.82. The van der Waals surface area contributed by atoms with Gasteiger partial charge in [0.1, 0.15) is 24.3 Å². The van der Waals surface area contributed by atoms with E-state index in [0.717, 1.165) is 6.07 Å². The van der Waals surface area contributed by atoms with Crippen LogP contribution in [0.15, 0.2) is 53.6 Å². The first-order valence-electron chi connectivity index (χ1n) is 14.8. The smallest absolute Gasteiger partial charge is 0.408 e. The molecule has 2 aromatic carbocycles. The number of esters is 3. The number of benzene rings is 2. The summed E-state index contributed by atoms with van der Waals surface area (Å²) in [7, 11) is 0. The molecule has 0 aliphatic rings. The average molecular weight is 658 g/mol. The van der Waals surface area contributed by atoms with Crippen molar-refractivity contribution in [3.63, 3.8) is 0 Å². The van der Waals surface area contributed by atoms with Crippen molar-refractivity contribution in [2.75, 3.05) is 13.2 Å². The fourth-order valence-corrected chi connectivity index (χ4v) is 4.09. The fraction of sp³-hybridized carbons (Fsp3) is 0.484. The maximum atomic E-state index is 13.1. The first kappa shape index (κ1) is 37.8. The topological polar surface area (TPSA) is 218 Å². The minimum absolute atomic E-state index is 0.0240. The molecule has 0 radical (unpaired) electrons. The number of carbonyl (C=O) groups excluding carboxylic acids is 4. The summed E-state index contributed by atoms with van der Waals surface area (Å²) in [6.07, 6.45) is -2.92. The van der Waals surface area contributed by atoms with E-state index < -0.39 is 58.4 Å². The molecule has 2 aromatic rings. The second-order valence-corrected chi connectivity index (χ2v) is 11.0. The van der Waals surface area contributed by atoms with Gasteiger partial charge >= 0.3 is 29.7 Å². The number of rotatable bonds is 17. The standard InChI is InChI=1S/C31H39N5O11/c1-6-43-27(37)22(34-35-32)14-16-26(29(39)44-7-2)46-25-15-13-21(18-24(25)36(41)42)17-23(33-30(40)47-31(3,4)5)28(38)45-19-20-11-9-8-10-12-20/h8-13,15,18,22-23,26H,6-7,14,16-17,19H2,1-5H3,(H,33,40)/t22?,23-,26?/m0/s1. The molecule has 0 saturated heterocycles. The van der Waals surface area contributed by atoms with E-state index in [1.54, 1.807) is 65.0 Å². The Hall–Kier alpha value is -5.37. The van der Waals surface area contributed by atoms with Gasteiger partial charge in [0.15, 0.2) is 11.9 Å². The normalized spacial score (nSPS) is 12.7. The summed E-state index contributed by atoms with van der Waals surface area (Å²) in [5, 5.41) is 18.0. The van der Waals surface area contributed by atoms with Crippen molar-refractivity contribution >= 4 is 29.7 Å². The number of hydrogen-bond acceptors (Lipinski definition) is 12. The monoisotopic (exact) mass is 657 g/mol. The largest absolute Gasteiger partial charge is 0.472 e. The number of nitro benzene ring substituents is 1. The van der Waals surface area contributed by atoms with Gasteiger partial charge in [-0.1, -0.05) is 41.5 Å². The Kier molecular flexibility index (Phi) is 14.9. The zero-order chi connectivity index (χ0) is 35.0. The first-order chi connectivity index (χ1) is 22.3. The van der Waals surface area contributed by atoms with E-state index in [1.165, 1.54) is 12.1 Å². The molecule has 1 N–H and O–H groups in total. The molecule has 2 unspecified atom stereocenters. The number of azide groups is 1. The van der Waals surface area contributed by atoms with Crippen LogP contribution < -0.4 is 10.1 Å². The third kappa shape index (κ3) is 13.3. The number of nitrogens with zero attached hydrogens (tertiary/aromatic N) is 4. The number of nitrogens with one attached hydrogen (secondary N) is 1. The molecule has 1 amide bonds. The quantitative estimate of drug-likeness (QED) is 0.0448. The molecule has 0 saturated carbocycles. The van der Waals surface area contributed by atoms with E-state index in [0.29, 0.717) is 5.56 Å². The van der Waals surface area contributed by atoms with Gasteiger partial charge in [0.2, 0.25) is 0 Å². The highest BCUT2D eigenvalue weighted by Crippen LogP contribution is 2.31. The third-order valence-electron chi connectivity index (χ3n) is 6.13. The van der Waals surface area contributed by atoms with Crippen molar-refractivity contribution in [1.82, 2.24) is 5.32 Å². The van der Waals surface area contributed by atoms with Crippen molar-refractivity contribution in [2.45, 2.75) is 84.3 Å². The van der Waals surface area contributed by atoms with E-state index >= 15 is 0 Å². The van der Waals surface area contributed by atoms with Gasteiger partial charge in [-0.25, -0.2) is 14.4 Å². The lowest BCUT2D eigenvalue weighted by Crippen LogP contribution is -2.45. The lowest BCUT2D eigenvalue weighted by Gasteiger charge is -2.23. The predicted molar refractivity (Wildman–Crippen MR) is 166 cm³/mol. The Bertz CT molecular complexity index is 1440. The molecular weight excluding hydrogens is 618 g/mol. The Labute approximate surface area is 271 Å². The number of carbonyl (C=O) groups is 4. The number of hydrogen-bond donors (Lipinski definition) is 1. The zero-order valence-corrected chi connectivity index (χ0v) is 26.9. The summed E-state index contributed by atoms with van der Waals surface area (Å²) < 4.78 is 26.4. The minimum Gasteiger partial charge on any atom is -0.472 e. The molecule has 254 valence electrons. The fourth-order valence-electron chi connectivity index (χ4n) is 4.09. The molecule has 0 fully saturated rings. The van der Waals surface area contributed by atoms with Crippen LogP contribution in [0.5, 0.6) is 5.75 Å². The lowest BCUT2D eigenvalue weighted by atomic mass is 10.0. The predicted octanol–water partition coefficient (Wildman–Crippen LogP) is 5.11. The van der Waals surface area contributed by atoms with Crippen LogP contribution >= 0.6 is 0 Å². The van der Waals surface area contributed by atoms with E-state index in [9.17, 15) is 29.3 Å². The maximum absolute atomic E-state index is 13.1. The lowest BCUT2D eigenvalue weighted by molar-refractivity contribution is -0.386. The molecule has 3 atom stereocenters. The molecule has 0 heterocycles. The van der Waals surface area contributed by atoms with Gasteiger partial charge in [0.25, 0.3) is 0 Å². The van der Waals surface area contributed by atoms with Crippen LogP contribution in [0, 0.1) is 10.1 Å². The van der Waals surface area contributed by atoms with E-state index in [-0.39, 0.29) is 50.4 Å². The van der Waals surface area contributed by atoms with Gasteiger partial charge in [0.05, 0.1) is 18.1 Å². The van der Waals surface area contributed by atoms with E-state index in [4.69, 9.17) is 29.2 Å². The Morgan fingerprint density at radius 1 is 0.936 bits per heavy atom. The van der Waals surface area contributed by atoms with Gasteiger partial charge in [-0.2, -0.15) is 0 Å². The van der Waals surface area contributed by atoms with Crippen LogP contribution in [0.25, 0.3) is 10.4 Å². The third-order valence-corrected chi connectivity index (χ3v) is 6.13. The van der Waals surface area contributed by atoms with Crippen molar-refractivity contribution < 1.29 is 47.8 Å². The van der Waals surface area contributed by atoms with Crippen LogP contribution in [-0.2, 0) is 46.4 Å². The van der Waals surface area contributed by atoms with E-state index in [1.807, 2.05) is 0 Å². The molecule has 16 heteroatoms. The molecular formula is C31H39N5O11. The molecule has 0 aliphatic heterocycles. The van der Waals surface area contributed by atoms with Gasteiger partial charge < -0.3 is 29.0 Å². The second kappa shape index (κ2) is 18.6. The van der Waals surface area contributed by atoms with Gasteiger partial charge in [-0.05, 0) is 70.2 Å². The SMILES string of the molecule is CCOC(=O)C(CCC(Oc1ccc(C[C@H](NC(=O)OC(C)(C)C)C(=O)OCc2ccccc2)cc1[N+](=O)[O-])C(=O)OCC)N=[N+]=[N-]. The molecule has 47 heavy (non-hydrogen) atoms. The Morgan fingerprint density at radius 2 is 1.60 bits per heavy atom. The highest BCUT2D eigenvalue weighted by Gasteiger charge is 2.31. The molecule has 0 bridgehead atoms. The molecule has 16 nitrogen and oxygen atoms in total. The highest BCUT2D eigenvalue weighted by atomic mass is 16.6. The number of amides is 1. The zero-order valence-electron chi connectivity index (χ0n) is 26.9. The van der Waals surface area contributed by atoms with Crippen molar-refractivity contribution in [1.29, 1.82) is 0 Å². The van der Waals surface area contributed by atoms with Gasteiger partial charge in [-0.15, -0.1) is 0 Å². The Balaban J connectivity index is 2.34. The van der Waals surface area contributed by atoms with Crippen molar-refractivity contribution in [2.24, 2.45) is 5.11 Å². The summed E-state index contributed by atoms with van der Waals surface area (Å²) in [4.78, 5) is 64.5. The van der Waals surface area contributed by atoms with Crippen LogP contribution in [0.4, 0.5) is 10.5 Å². The van der Waals surface area contributed by atoms with Crippen molar-refractivity contribution in [3.8, 4) is 5.75 Å². The number of alkyl carbamates (subject to hydrolysis) is 1. The summed E-state index contributed by atoms with van der Waals surface area (Å²) in [6.45, 7) is 8.00. The first-order valence-corrected chi connectivity index (χ1v) is 14.8. The van der Waals surface area contributed by atoms with Crippen LogP contribution in [0.2, 0.25) is 0 Å².